The average Bonchev–Trinajstić information content (AvgIpc) is 1.23. The minimum absolute atomic E-state index is 0.0284. The zero-order chi connectivity index (χ0) is 68.9. The van der Waals surface area contributed by atoms with Gasteiger partial charge in [0, 0.05) is 46.2 Å². The van der Waals surface area contributed by atoms with Crippen LogP contribution in [-0.2, 0) is 62.2 Å². The number of aryl methyl sites for hydroxylation is 1. The van der Waals surface area contributed by atoms with Crippen LogP contribution >= 0.6 is 0 Å². The van der Waals surface area contributed by atoms with Gasteiger partial charge in [-0.05, 0) is 84.3 Å². The lowest BCUT2D eigenvalue weighted by atomic mass is 9.98. The summed E-state index contributed by atoms with van der Waals surface area (Å²) >= 11 is 0. The number of nitrogen functional groups attached to an aromatic ring is 1. The lowest BCUT2D eigenvalue weighted by Crippen LogP contribution is -2.62. The minimum Gasteiger partial charge on any atom is -0.458 e. The van der Waals surface area contributed by atoms with Crippen molar-refractivity contribution in [2.75, 3.05) is 47.0 Å². The van der Waals surface area contributed by atoms with Gasteiger partial charge in [-0.3, -0.25) is 57.5 Å². The fourth-order valence-electron chi connectivity index (χ4n) is 12.1. The highest BCUT2D eigenvalue weighted by atomic mass is 16.6. The second-order valence-electron chi connectivity index (χ2n) is 25.6. The van der Waals surface area contributed by atoms with Crippen LogP contribution in [0, 0.1) is 31.6 Å². The quantitative estimate of drug-likeness (QED) is 0.0940. The van der Waals surface area contributed by atoms with Crippen LogP contribution in [0.25, 0.3) is 22.6 Å². The molecule has 0 bridgehead atoms. The molecule has 0 radical (unpaired) electrons. The number of nitrogens with one attached hydrogen (secondary N) is 4. The molecule has 0 unspecified atom stereocenters. The number of esters is 2. The smallest absolute Gasteiger partial charge is 0.329 e. The maximum Gasteiger partial charge on any atom is 0.329 e. The molecule has 6 aliphatic rings. The number of Topliss-reactive ketones (excluding diaryl/α,β-unsaturated/α-hetero) is 1. The van der Waals surface area contributed by atoms with Gasteiger partial charge in [-0.2, -0.15) is 0 Å². The Labute approximate surface area is 531 Å². The number of nitrogens with two attached hydrogens (primary N) is 1. The third-order valence-corrected chi connectivity index (χ3v) is 17.9. The van der Waals surface area contributed by atoms with Gasteiger partial charge < -0.3 is 75.4 Å². The number of hydrogen-bond acceptors (Lipinski definition) is 20. The molecule has 1 aromatic carbocycles. The van der Waals surface area contributed by atoms with Gasteiger partial charge in [0.05, 0.1) is 42.0 Å². The predicted octanol–water partition coefficient (Wildman–Crippen LogP) is -0.984. The third-order valence-electron chi connectivity index (χ3n) is 17.9. The maximum absolute atomic E-state index is 15.1. The van der Waals surface area contributed by atoms with Crippen LogP contribution in [0.5, 0.6) is 0 Å². The Morgan fingerprint density at radius 2 is 1.17 bits per heavy atom. The van der Waals surface area contributed by atoms with Crippen LogP contribution in [0.1, 0.15) is 121 Å². The normalized spacial score (nSPS) is 28.3. The molecule has 5 heterocycles. The number of ketones is 1. The monoisotopic (exact) mass is 1280 g/mol. The van der Waals surface area contributed by atoms with Gasteiger partial charge in [-0.25, -0.2) is 14.6 Å². The van der Waals surface area contributed by atoms with Crippen LogP contribution < -0.4 is 32.4 Å². The molecule has 7 N–H and O–H groups in total. The summed E-state index contributed by atoms with van der Waals surface area (Å²) in [4.78, 5) is 211. The SMILES string of the molecule is Cc1c2oc3c(C)ccc(C(=O)N[C@@H]4C(=O)N[C@H](C(C)C)C(=O)N5[C@H](C)C[C@H](O)[C@H]5C(=O)N(C)CC(=O)N(C)[C@@H](C(C)C)C(=O)O[C@@H]4C)c3nc-2c(C(=O)N[C@@H]2C(=O)N[C@H](C(C)C)C(=O)N3[C@H](C)C(=O)C[C@H]3C(=O)N(C)CC(=O)N(C)[C@@H](C)C(=O)O[C@H]2C)c(N)c1=O. The fraction of sp³-hybridized carbons (Fsp3) is 0.597. The van der Waals surface area contributed by atoms with Gasteiger partial charge in [0.2, 0.25) is 52.7 Å². The molecule has 5 aliphatic heterocycles. The van der Waals surface area contributed by atoms with Crippen molar-refractivity contribution in [2.24, 2.45) is 17.8 Å². The van der Waals surface area contributed by atoms with Crippen molar-refractivity contribution < 1.29 is 81.3 Å². The second kappa shape index (κ2) is 27.4. The molecule has 500 valence electrons. The molecule has 1 aromatic rings. The van der Waals surface area contributed by atoms with Crippen molar-refractivity contribution >= 4 is 93.6 Å². The van der Waals surface area contributed by atoms with E-state index in [2.05, 4.69) is 21.3 Å². The fourth-order valence-corrected chi connectivity index (χ4v) is 12.1. The van der Waals surface area contributed by atoms with Gasteiger partial charge in [0.1, 0.15) is 71.8 Å². The number of nitrogens with zero attached hydrogens (tertiary/aromatic N) is 7. The number of likely N-dealkylation sites (N-methyl/N-ethyl adjacent to an activating group) is 4. The second-order valence-corrected chi connectivity index (χ2v) is 25.6. The Morgan fingerprint density at radius 3 is 1.72 bits per heavy atom. The molecule has 10 amide bonds. The van der Waals surface area contributed by atoms with Crippen molar-refractivity contribution in [1.82, 2.24) is 55.7 Å². The number of anilines is 1. The van der Waals surface area contributed by atoms with Crippen LogP contribution in [0.15, 0.2) is 21.3 Å². The lowest BCUT2D eigenvalue weighted by molar-refractivity contribution is -0.163. The number of ether oxygens (including phenoxy) is 2. The highest BCUT2D eigenvalue weighted by Gasteiger charge is 2.51. The van der Waals surface area contributed by atoms with Crippen molar-refractivity contribution in [1.29, 1.82) is 0 Å². The van der Waals surface area contributed by atoms with E-state index >= 15 is 9.59 Å². The summed E-state index contributed by atoms with van der Waals surface area (Å²) in [5.74, 6) is -14.2. The summed E-state index contributed by atoms with van der Waals surface area (Å²) in [7, 11) is 5.21. The number of aliphatic hydroxyl groups is 1. The number of benzene rings is 2. The number of aliphatic hydroxyl groups excluding tert-OH is 1. The summed E-state index contributed by atoms with van der Waals surface area (Å²) in [6.07, 6.45) is -5.02. The molecule has 4 saturated heterocycles. The minimum atomic E-state index is -1.97. The topological polar surface area (TPSA) is 397 Å². The van der Waals surface area contributed by atoms with Crippen molar-refractivity contribution in [3.05, 3.63) is 44.6 Å². The van der Waals surface area contributed by atoms with E-state index in [0.29, 0.717) is 5.56 Å². The highest BCUT2D eigenvalue weighted by molar-refractivity contribution is 6.11. The number of aromatic nitrogens is 1. The first-order valence-corrected chi connectivity index (χ1v) is 30.5. The van der Waals surface area contributed by atoms with Gasteiger partial charge in [-0.15, -0.1) is 0 Å². The van der Waals surface area contributed by atoms with E-state index in [-0.39, 0.29) is 34.4 Å². The van der Waals surface area contributed by atoms with Gasteiger partial charge >= 0.3 is 11.9 Å². The zero-order valence-electron chi connectivity index (χ0n) is 54.8. The molecule has 1 aliphatic carbocycles. The van der Waals surface area contributed by atoms with E-state index in [0.717, 1.165) is 24.5 Å². The summed E-state index contributed by atoms with van der Waals surface area (Å²) in [5.41, 5.74) is 3.10. The van der Waals surface area contributed by atoms with Crippen molar-refractivity contribution in [3.63, 3.8) is 0 Å². The molecule has 7 rings (SSSR count). The van der Waals surface area contributed by atoms with E-state index < -0.39 is 215 Å². The Hall–Kier alpha value is -9.09. The first-order chi connectivity index (χ1) is 42.8. The van der Waals surface area contributed by atoms with Crippen LogP contribution in [0.3, 0.4) is 0 Å². The molecular weight excluding hydrogens is 1200 g/mol. The van der Waals surface area contributed by atoms with E-state index in [9.17, 15) is 62.6 Å². The van der Waals surface area contributed by atoms with Crippen molar-refractivity contribution in [3.8, 4) is 11.5 Å². The Kier molecular flexibility index (Phi) is 21.0. The number of hydrogen-bond donors (Lipinski definition) is 6. The molecular formula is C62H84N12O18. The van der Waals surface area contributed by atoms with Gasteiger partial charge in [0.15, 0.2) is 17.1 Å². The zero-order valence-corrected chi connectivity index (χ0v) is 54.8. The summed E-state index contributed by atoms with van der Waals surface area (Å²) in [6, 6.07) is -11.4. The number of rotatable bonds is 7. The summed E-state index contributed by atoms with van der Waals surface area (Å²) < 4.78 is 18.1. The largest absolute Gasteiger partial charge is 0.458 e. The number of cyclic esters (lactones) is 2. The Balaban J connectivity index is 1.33. The molecule has 0 saturated carbocycles. The molecule has 4 fully saturated rings. The molecule has 30 heteroatoms. The van der Waals surface area contributed by atoms with Crippen LogP contribution in [-0.4, -0.2) is 236 Å². The standard InChI is InChI=1S/C62H84N12O18/c1-24(2)42-58(85)73-28(8)20-37(76)49(73)60(87)70(15)23-39(78)72(17)48(26(5)6)62(89)91-33(13)44(55(82)65-42)67-53(80)34-19-18-27(7)51-46(34)64-47-40(41(63)50(79)29(9)52(47)92-51)54(81)68-45-32(12)90-61(88)31(11)71(16)38(77)22-69(14)57(84)35-21-36(75)30(10)74(35)59(86)43(25(3)4)66-56(45)83/h18-19,24-26,28,30-33,35,37,42-45,48-49,76H,20-23,63H2,1-17H3,(H,65,82)(H,66,83)(H,67,80)(H,68,81)/t28-,30-,31+,32+,33-,35+,37+,42-,43-,44+,45+,48+,49+/m1/s1. The number of carbonyl (C=O) groups excluding carboxylic acids is 13. The summed E-state index contributed by atoms with van der Waals surface area (Å²) in [6.45, 7) is 18.2. The molecule has 0 aromatic heterocycles. The maximum atomic E-state index is 15.1. The van der Waals surface area contributed by atoms with Gasteiger partial charge in [0.25, 0.3) is 11.8 Å². The molecule has 0 spiro atoms. The Morgan fingerprint density at radius 1 is 0.663 bits per heavy atom. The van der Waals surface area contributed by atoms with E-state index in [1.54, 1.807) is 55.4 Å². The van der Waals surface area contributed by atoms with Crippen LogP contribution in [0.2, 0.25) is 0 Å². The number of amides is 10. The molecule has 30 nitrogen and oxygen atoms in total. The third kappa shape index (κ3) is 13.5. The molecule has 92 heavy (non-hydrogen) atoms. The summed E-state index contributed by atoms with van der Waals surface area (Å²) in [5, 5.41) is 21.7. The van der Waals surface area contributed by atoms with E-state index in [1.807, 2.05) is 0 Å². The number of carbonyl (C=O) groups is 13. The van der Waals surface area contributed by atoms with E-state index in [1.165, 1.54) is 79.8 Å². The molecule has 13 atom stereocenters. The first kappa shape index (κ1) is 70.4. The van der Waals surface area contributed by atoms with Crippen LogP contribution in [0.4, 0.5) is 5.69 Å². The lowest BCUT2D eigenvalue weighted by Gasteiger charge is -2.37. The first-order valence-electron chi connectivity index (χ1n) is 30.5. The Bertz CT molecular complexity index is 3570. The van der Waals surface area contributed by atoms with Gasteiger partial charge in [-0.1, -0.05) is 47.6 Å². The highest BCUT2D eigenvalue weighted by Crippen LogP contribution is 2.36. The number of fused-ring (bicyclic) bond motifs is 4. The van der Waals surface area contributed by atoms with Crippen molar-refractivity contribution in [2.45, 2.75) is 182 Å². The average molecular weight is 1290 g/mol. The predicted molar refractivity (Wildman–Crippen MR) is 327 cm³/mol. The van der Waals surface area contributed by atoms with E-state index in [4.69, 9.17) is 24.6 Å².